The molecule has 0 aliphatic carbocycles. The van der Waals surface area contributed by atoms with E-state index in [-0.39, 0.29) is 5.69 Å². The molecule has 0 atom stereocenters. The number of amides is 2. The lowest BCUT2D eigenvalue weighted by Crippen LogP contribution is -2.20. The van der Waals surface area contributed by atoms with E-state index in [2.05, 4.69) is 20.6 Å². The third-order valence-electron chi connectivity index (χ3n) is 5.05. The number of allylic oxidation sites excluding steroid dienone is 1. The van der Waals surface area contributed by atoms with Gasteiger partial charge in [0.2, 0.25) is 0 Å². The number of dihydropyridines is 1. The first kappa shape index (κ1) is 22.8. The molecule has 0 radical (unpaired) electrons. The number of esters is 1. The molecule has 34 heavy (non-hydrogen) atoms. The number of anilines is 2. The van der Waals surface area contributed by atoms with Crippen LogP contribution >= 0.6 is 0 Å². The van der Waals surface area contributed by atoms with Crippen molar-refractivity contribution in [1.29, 1.82) is 0 Å². The lowest BCUT2D eigenvalue weighted by atomic mass is 10.1. The minimum atomic E-state index is -0.549. The molecular weight excluding hydrogens is 439 g/mol. The number of carbonyl (C=O) groups is 2. The van der Waals surface area contributed by atoms with E-state index in [0.717, 1.165) is 16.9 Å². The molecule has 0 unspecified atom stereocenters. The molecule has 3 aromatic rings. The molecule has 4 rings (SSSR count). The maximum atomic E-state index is 13.8. The van der Waals surface area contributed by atoms with Crippen LogP contribution in [0.2, 0.25) is 0 Å². The van der Waals surface area contributed by atoms with Gasteiger partial charge in [0, 0.05) is 36.5 Å². The number of nitrogens with zero attached hydrogens (tertiary/aromatic N) is 1. The van der Waals surface area contributed by atoms with E-state index >= 15 is 0 Å². The highest BCUT2D eigenvalue weighted by Gasteiger charge is 2.15. The van der Waals surface area contributed by atoms with Crippen molar-refractivity contribution in [3.05, 3.63) is 89.2 Å². The molecule has 9 heteroatoms. The number of aromatic amines is 1. The molecule has 8 nitrogen and oxygen atoms in total. The van der Waals surface area contributed by atoms with E-state index in [1.54, 1.807) is 48.7 Å². The number of aryl methyl sites for hydroxylation is 1. The zero-order valence-electron chi connectivity index (χ0n) is 18.6. The number of urea groups is 1. The van der Waals surface area contributed by atoms with Crippen LogP contribution in [0.4, 0.5) is 20.6 Å². The standard InChI is InChI=1S/C25H23FN4O4/c1-15-3-8-20(26)22(11-15)30-25(32)29-17-4-6-18(7-5-17)34-19-9-10-27-21(13-19)16-12-23(28-14-16)24(31)33-2/h3-8,11-14,28H,9-10H2,1-2H3,(H2,29,30,32). The van der Waals surface area contributed by atoms with Gasteiger partial charge < -0.3 is 25.1 Å². The molecule has 1 aliphatic heterocycles. The van der Waals surface area contributed by atoms with E-state index in [1.165, 1.54) is 13.2 Å². The van der Waals surface area contributed by atoms with Crippen LogP contribution in [0, 0.1) is 12.7 Å². The number of benzene rings is 2. The molecule has 0 saturated carbocycles. The molecular formula is C25H23FN4O4. The third-order valence-corrected chi connectivity index (χ3v) is 5.05. The molecule has 1 aliphatic rings. The van der Waals surface area contributed by atoms with Gasteiger partial charge in [-0.25, -0.2) is 14.0 Å². The van der Waals surface area contributed by atoms with Crippen molar-refractivity contribution < 1.29 is 23.5 Å². The zero-order valence-corrected chi connectivity index (χ0v) is 18.6. The largest absolute Gasteiger partial charge is 0.464 e. The first-order valence-electron chi connectivity index (χ1n) is 10.6. The van der Waals surface area contributed by atoms with Crippen LogP contribution in [0.15, 0.2) is 71.6 Å². The SMILES string of the molecule is COC(=O)c1cc(C2=NCCC(Oc3ccc(NC(=O)Nc4cc(C)ccc4F)cc3)=C2)c[nH]1. The number of hydrogen-bond donors (Lipinski definition) is 3. The van der Waals surface area contributed by atoms with Crippen molar-refractivity contribution in [1.82, 2.24) is 4.98 Å². The number of nitrogens with one attached hydrogen (secondary N) is 3. The Bertz CT molecular complexity index is 1280. The number of aromatic nitrogens is 1. The minimum absolute atomic E-state index is 0.111. The highest BCUT2D eigenvalue weighted by Crippen LogP contribution is 2.22. The van der Waals surface area contributed by atoms with Crippen molar-refractivity contribution in [2.75, 3.05) is 24.3 Å². The Morgan fingerprint density at radius 3 is 2.65 bits per heavy atom. The molecule has 1 aromatic heterocycles. The van der Waals surface area contributed by atoms with Crippen LogP contribution in [-0.4, -0.2) is 36.4 Å². The summed E-state index contributed by atoms with van der Waals surface area (Å²) in [6, 6.07) is 12.5. The Hall–Kier alpha value is -4.40. The highest BCUT2D eigenvalue weighted by atomic mass is 19.1. The number of methoxy groups -OCH3 is 1. The molecule has 2 heterocycles. The summed E-state index contributed by atoms with van der Waals surface area (Å²) in [5.74, 6) is 0.357. The maximum Gasteiger partial charge on any atom is 0.354 e. The molecule has 3 N–H and O–H groups in total. The van der Waals surface area contributed by atoms with E-state index in [1.807, 2.05) is 13.0 Å². The minimum Gasteiger partial charge on any atom is -0.464 e. The maximum absolute atomic E-state index is 13.8. The summed E-state index contributed by atoms with van der Waals surface area (Å²) < 4.78 is 24.5. The number of halogens is 1. The Kier molecular flexibility index (Phi) is 6.72. The number of hydrogen-bond acceptors (Lipinski definition) is 5. The second kappa shape index (κ2) is 10.0. The quantitative estimate of drug-likeness (QED) is 0.446. The van der Waals surface area contributed by atoms with Crippen molar-refractivity contribution in [3.8, 4) is 5.75 Å². The first-order chi connectivity index (χ1) is 16.4. The third kappa shape index (κ3) is 5.50. The monoisotopic (exact) mass is 462 g/mol. The van der Waals surface area contributed by atoms with Gasteiger partial charge in [-0.05, 0) is 55.0 Å². The van der Waals surface area contributed by atoms with Crippen molar-refractivity contribution >= 4 is 29.1 Å². The van der Waals surface area contributed by atoms with Gasteiger partial charge in [-0.15, -0.1) is 0 Å². The second-order valence-corrected chi connectivity index (χ2v) is 7.61. The van der Waals surface area contributed by atoms with Gasteiger partial charge in [-0.3, -0.25) is 4.99 Å². The molecule has 0 bridgehead atoms. The Balaban J connectivity index is 1.37. The smallest absolute Gasteiger partial charge is 0.354 e. The normalized spacial score (nSPS) is 12.9. The fraction of sp³-hybridized carbons (Fsp3) is 0.160. The molecule has 174 valence electrons. The van der Waals surface area contributed by atoms with Crippen LogP contribution in [0.25, 0.3) is 0 Å². The van der Waals surface area contributed by atoms with E-state index in [0.29, 0.717) is 35.8 Å². The number of ether oxygens (including phenoxy) is 2. The Morgan fingerprint density at radius 1 is 1.09 bits per heavy atom. The average molecular weight is 462 g/mol. The van der Waals surface area contributed by atoms with Crippen LogP contribution < -0.4 is 15.4 Å². The van der Waals surface area contributed by atoms with Crippen molar-refractivity contribution in [2.24, 2.45) is 4.99 Å². The van der Waals surface area contributed by atoms with Crippen molar-refractivity contribution in [2.45, 2.75) is 13.3 Å². The number of rotatable bonds is 6. The molecule has 2 amide bonds. The van der Waals surface area contributed by atoms with Crippen LogP contribution in [0.1, 0.15) is 28.0 Å². The zero-order chi connectivity index (χ0) is 24.1. The summed E-state index contributed by atoms with van der Waals surface area (Å²) in [6.07, 6.45) is 4.14. The lowest BCUT2D eigenvalue weighted by molar-refractivity contribution is 0.0595. The fourth-order valence-corrected chi connectivity index (χ4v) is 3.36. The van der Waals surface area contributed by atoms with Gasteiger partial charge in [0.05, 0.1) is 18.5 Å². The van der Waals surface area contributed by atoms with Gasteiger partial charge >= 0.3 is 12.0 Å². The number of aliphatic imine (C=N–C) groups is 1. The lowest BCUT2D eigenvalue weighted by Gasteiger charge is -2.14. The number of H-pyrrole nitrogens is 1. The average Bonchev–Trinajstić information content (AvgIpc) is 3.33. The van der Waals surface area contributed by atoms with E-state index < -0.39 is 17.8 Å². The van der Waals surface area contributed by atoms with E-state index in [4.69, 9.17) is 9.47 Å². The number of carbonyl (C=O) groups excluding carboxylic acids is 2. The fourth-order valence-electron chi connectivity index (χ4n) is 3.36. The summed E-state index contributed by atoms with van der Waals surface area (Å²) in [6.45, 7) is 2.37. The summed E-state index contributed by atoms with van der Waals surface area (Å²) in [5.41, 5.74) is 3.28. The summed E-state index contributed by atoms with van der Waals surface area (Å²) in [5, 5.41) is 5.17. The van der Waals surface area contributed by atoms with Crippen LogP contribution in [0.5, 0.6) is 5.75 Å². The van der Waals surface area contributed by atoms with E-state index in [9.17, 15) is 14.0 Å². The van der Waals surface area contributed by atoms with Crippen LogP contribution in [-0.2, 0) is 4.74 Å². The highest BCUT2D eigenvalue weighted by molar-refractivity contribution is 6.10. The molecule has 0 spiro atoms. The van der Waals surface area contributed by atoms with Gasteiger partial charge in [0.1, 0.15) is 23.0 Å². The first-order valence-corrected chi connectivity index (χ1v) is 10.6. The van der Waals surface area contributed by atoms with Gasteiger partial charge in [-0.1, -0.05) is 6.07 Å². The second-order valence-electron chi connectivity index (χ2n) is 7.61. The van der Waals surface area contributed by atoms with Crippen LogP contribution in [0.3, 0.4) is 0 Å². The summed E-state index contributed by atoms with van der Waals surface area (Å²) >= 11 is 0. The summed E-state index contributed by atoms with van der Waals surface area (Å²) in [4.78, 5) is 31.2. The predicted octanol–water partition coefficient (Wildman–Crippen LogP) is 5.05. The van der Waals surface area contributed by atoms with Gasteiger partial charge in [0.25, 0.3) is 0 Å². The topological polar surface area (TPSA) is 105 Å². The summed E-state index contributed by atoms with van der Waals surface area (Å²) in [7, 11) is 1.32. The van der Waals surface area contributed by atoms with Crippen molar-refractivity contribution in [3.63, 3.8) is 0 Å². The molecule has 2 aromatic carbocycles. The van der Waals surface area contributed by atoms with Gasteiger partial charge in [-0.2, -0.15) is 0 Å². The predicted molar refractivity (Wildman–Crippen MR) is 127 cm³/mol. The molecule has 0 fully saturated rings. The molecule has 0 saturated heterocycles. The van der Waals surface area contributed by atoms with Gasteiger partial charge in [0.15, 0.2) is 0 Å². The Labute approximate surface area is 195 Å². The Morgan fingerprint density at radius 2 is 1.88 bits per heavy atom.